The minimum absolute atomic E-state index is 0.517. The molecule has 146 valence electrons. The lowest BCUT2D eigenvalue weighted by Crippen LogP contribution is -2.72. The molecule has 0 aliphatic carbocycles. The van der Waals surface area contributed by atoms with Crippen molar-refractivity contribution < 1.29 is 10.1 Å². The Morgan fingerprint density at radius 3 is 2.76 bits per heavy atom. The highest BCUT2D eigenvalue weighted by Crippen LogP contribution is 2.28. The maximum Gasteiger partial charge on any atom is 0.311 e. The largest absolute Gasteiger partial charge is 0.495 e. The second-order valence-corrected chi connectivity index (χ2v) is 6.66. The van der Waals surface area contributed by atoms with Crippen molar-refractivity contribution in [3.63, 3.8) is 0 Å². The summed E-state index contributed by atoms with van der Waals surface area (Å²) in [4.78, 5) is 8.89. The Balaban J connectivity index is 1.66. The van der Waals surface area contributed by atoms with Crippen LogP contribution in [0.4, 0.5) is 5.95 Å². The lowest BCUT2D eigenvalue weighted by atomic mass is 10.1. The SMILES string of the molecule is COc1cc(/C(=C/[NH2+]c2nc3ccccc3n2C)N=N)ccc1-n1cnc(C)c1. The van der Waals surface area contributed by atoms with E-state index in [-0.39, 0.29) is 0 Å². The number of hydrogen-bond acceptors (Lipinski definition) is 5. The quantitative estimate of drug-likeness (QED) is 0.496. The first-order chi connectivity index (χ1) is 14.1. The number of hydrogen-bond donors (Lipinski definition) is 2. The Morgan fingerprint density at radius 2 is 2.07 bits per heavy atom. The molecule has 0 radical (unpaired) electrons. The Hall–Kier alpha value is -3.78. The molecule has 0 spiro atoms. The predicted molar refractivity (Wildman–Crippen MR) is 110 cm³/mol. The number of fused-ring (bicyclic) bond motifs is 1. The second-order valence-electron chi connectivity index (χ2n) is 6.66. The van der Waals surface area contributed by atoms with Crippen LogP contribution in [0.1, 0.15) is 11.3 Å². The fourth-order valence-electron chi connectivity index (χ4n) is 3.27. The standard InChI is InChI=1S/C21H21N7O/c1-14-12-28(13-24-14)19-9-8-15(10-20(19)29-3)17(26-22)11-23-21-25-16-6-4-5-7-18(16)27(21)2/h4-13,22H,1-3H3,(H,23,25)/p+1/b17-11-,26-22?. The van der Waals surface area contributed by atoms with E-state index in [0.29, 0.717) is 11.4 Å². The van der Waals surface area contributed by atoms with Crippen molar-refractivity contribution in [3.05, 3.63) is 72.4 Å². The predicted octanol–water partition coefficient (Wildman–Crippen LogP) is 3.30. The Morgan fingerprint density at radius 1 is 1.24 bits per heavy atom. The zero-order valence-corrected chi connectivity index (χ0v) is 16.5. The van der Waals surface area contributed by atoms with Gasteiger partial charge in [0.1, 0.15) is 17.6 Å². The lowest BCUT2D eigenvalue weighted by molar-refractivity contribution is -0.505. The van der Waals surface area contributed by atoms with Gasteiger partial charge in [-0.1, -0.05) is 18.2 Å². The summed E-state index contributed by atoms with van der Waals surface area (Å²) < 4.78 is 9.48. The molecular formula is C21H22N7O+. The summed E-state index contributed by atoms with van der Waals surface area (Å²) >= 11 is 0. The van der Waals surface area contributed by atoms with Gasteiger partial charge in [0, 0.05) is 18.8 Å². The van der Waals surface area contributed by atoms with E-state index in [4.69, 9.17) is 10.3 Å². The smallest absolute Gasteiger partial charge is 0.311 e. The van der Waals surface area contributed by atoms with Gasteiger partial charge in [-0.05, 0) is 31.2 Å². The summed E-state index contributed by atoms with van der Waals surface area (Å²) in [6, 6.07) is 13.7. The highest BCUT2D eigenvalue weighted by Gasteiger charge is 2.13. The Kier molecular flexibility index (Phi) is 4.92. The summed E-state index contributed by atoms with van der Waals surface area (Å²) in [6.45, 7) is 1.94. The van der Waals surface area contributed by atoms with Gasteiger partial charge in [-0.3, -0.25) is 9.88 Å². The van der Waals surface area contributed by atoms with Gasteiger partial charge in [0.2, 0.25) is 0 Å². The van der Waals surface area contributed by atoms with E-state index in [1.54, 1.807) is 19.6 Å². The first-order valence-electron chi connectivity index (χ1n) is 9.14. The van der Waals surface area contributed by atoms with Crippen LogP contribution in [-0.4, -0.2) is 26.2 Å². The maximum atomic E-state index is 7.63. The molecule has 8 nitrogen and oxygen atoms in total. The first kappa shape index (κ1) is 18.6. The number of nitrogens with two attached hydrogens (primary N) is 1. The molecule has 0 amide bonds. The van der Waals surface area contributed by atoms with E-state index in [1.165, 1.54) is 0 Å². The van der Waals surface area contributed by atoms with Crippen molar-refractivity contribution in [1.82, 2.24) is 19.1 Å². The van der Waals surface area contributed by atoms with E-state index in [2.05, 4.69) is 15.1 Å². The van der Waals surface area contributed by atoms with Crippen molar-refractivity contribution in [2.75, 3.05) is 7.11 Å². The lowest BCUT2D eigenvalue weighted by Gasteiger charge is -2.11. The molecule has 0 fully saturated rings. The Bertz CT molecular complexity index is 1220. The zero-order chi connectivity index (χ0) is 20.4. The van der Waals surface area contributed by atoms with Crippen LogP contribution in [0.5, 0.6) is 5.75 Å². The summed E-state index contributed by atoms with van der Waals surface area (Å²) in [5.74, 6) is 1.47. The molecule has 2 aromatic carbocycles. The molecule has 0 saturated carbocycles. The van der Waals surface area contributed by atoms with Crippen LogP contribution >= 0.6 is 0 Å². The Labute approximate surface area is 168 Å². The summed E-state index contributed by atoms with van der Waals surface area (Å²) in [6.07, 6.45) is 5.48. The molecule has 29 heavy (non-hydrogen) atoms. The van der Waals surface area contributed by atoms with Gasteiger partial charge >= 0.3 is 5.95 Å². The molecule has 0 aliphatic rings. The first-order valence-corrected chi connectivity index (χ1v) is 9.14. The van der Waals surface area contributed by atoms with Crippen molar-refractivity contribution in [3.8, 4) is 11.4 Å². The van der Waals surface area contributed by atoms with Crippen LogP contribution in [-0.2, 0) is 7.05 Å². The highest BCUT2D eigenvalue weighted by atomic mass is 16.5. The number of aryl methyl sites for hydroxylation is 2. The van der Waals surface area contributed by atoms with Crippen LogP contribution in [0, 0.1) is 12.5 Å². The number of nitrogens with one attached hydrogen (secondary N) is 1. The van der Waals surface area contributed by atoms with Crippen molar-refractivity contribution in [1.29, 1.82) is 5.53 Å². The maximum absolute atomic E-state index is 7.63. The third-order valence-electron chi connectivity index (χ3n) is 4.80. The number of para-hydroxylation sites is 2. The number of benzene rings is 2. The van der Waals surface area contributed by atoms with E-state index in [1.807, 2.05) is 77.1 Å². The van der Waals surface area contributed by atoms with E-state index < -0.39 is 0 Å². The molecule has 0 aliphatic heterocycles. The highest BCUT2D eigenvalue weighted by molar-refractivity contribution is 5.77. The van der Waals surface area contributed by atoms with Crippen LogP contribution in [0.2, 0.25) is 0 Å². The third kappa shape index (κ3) is 3.53. The van der Waals surface area contributed by atoms with Crippen molar-refractivity contribution >= 4 is 22.7 Å². The monoisotopic (exact) mass is 388 g/mol. The molecule has 0 bridgehead atoms. The summed E-state index contributed by atoms with van der Waals surface area (Å²) in [7, 11) is 3.59. The molecule has 4 aromatic rings. The normalized spacial score (nSPS) is 11.8. The van der Waals surface area contributed by atoms with Crippen molar-refractivity contribution in [2.45, 2.75) is 6.92 Å². The van der Waals surface area contributed by atoms with Gasteiger partial charge in [-0.25, -0.2) is 10.5 Å². The van der Waals surface area contributed by atoms with Gasteiger partial charge in [-0.15, -0.1) is 0 Å². The van der Waals surface area contributed by atoms with Gasteiger partial charge in [0.05, 0.1) is 35.9 Å². The topological polar surface area (TPSA) is 97.7 Å². The fraction of sp³-hybridized carbons (Fsp3) is 0.143. The number of imidazole rings is 2. The molecule has 2 heterocycles. The number of rotatable bonds is 6. The fourth-order valence-corrected chi connectivity index (χ4v) is 3.27. The average molecular weight is 388 g/mol. The van der Waals surface area contributed by atoms with Gasteiger partial charge < -0.3 is 9.30 Å². The summed E-state index contributed by atoms with van der Waals surface area (Å²) in [5, 5.41) is 5.58. The minimum Gasteiger partial charge on any atom is -0.495 e. The number of nitrogens with zero attached hydrogens (tertiary/aromatic N) is 5. The molecule has 4 rings (SSSR count). The second kappa shape index (κ2) is 7.69. The van der Waals surface area contributed by atoms with Crippen LogP contribution in [0.25, 0.3) is 22.4 Å². The van der Waals surface area contributed by atoms with Crippen LogP contribution < -0.4 is 10.1 Å². The number of ether oxygens (including phenoxy) is 1. The molecular weight excluding hydrogens is 366 g/mol. The van der Waals surface area contributed by atoms with Gasteiger partial charge in [0.25, 0.3) is 0 Å². The molecule has 0 saturated heterocycles. The number of aromatic nitrogens is 4. The number of quaternary nitrogens is 1. The van der Waals surface area contributed by atoms with Gasteiger partial charge in [0.15, 0.2) is 0 Å². The number of methoxy groups -OCH3 is 1. The molecule has 0 unspecified atom stereocenters. The summed E-state index contributed by atoms with van der Waals surface area (Å²) in [5.41, 5.74) is 12.7. The van der Waals surface area contributed by atoms with E-state index >= 15 is 0 Å². The molecule has 2 aromatic heterocycles. The molecule has 3 N–H and O–H groups in total. The van der Waals surface area contributed by atoms with Crippen LogP contribution in [0.15, 0.2) is 66.3 Å². The minimum atomic E-state index is 0.517. The average Bonchev–Trinajstić information content (AvgIpc) is 3.32. The van der Waals surface area contributed by atoms with Gasteiger partial charge in [-0.2, -0.15) is 10.1 Å². The van der Waals surface area contributed by atoms with Crippen molar-refractivity contribution in [2.24, 2.45) is 12.2 Å². The van der Waals surface area contributed by atoms with E-state index in [9.17, 15) is 0 Å². The van der Waals surface area contributed by atoms with Crippen LogP contribution in [0.3, 0.4) is 0 Å². The third-order valence-corrected chi connectivity index (χ3v) is 4.80. The molecule has 0 atom stereocenters. The molecule has 8 heteroatoms. The zero-order valence-electron chi connectivity index (χ0n) is 16.5. The van der Waals surface area contributed by atoms with E-state index in [0.717, 1.165) is 33.9 Å².